The van der Waals surface area contributed by atoms with Gasteiger partial charge in [0.05, 0.1) is 0 Å². The third kappa shape index (κ3) is 1.77. The van der Waals surface area contributed by atoms with Crippen molar-refractivity contribution in [2.45, 2.75) is 19.3 Å². The molecule has 0 aromatic heterocycles. The van der Waals surface area contributed by atoms with Gasteiger partial charge in [-0.05, 0) is 12.8 Å². The van der Waals surface area contributed by atoms with Crippen LogP contribution in [0.4, 0.5) is 0 Å². The normalized spacial score (nSPS) is 15.2. The van der Waals surface area contributed by atoms with Crippen molar-refractivity contribution < 1.29 is 0 Å². The summed E-state index contributed by atoms with van der Waals surface area (Å²) in [5.41, 5.74) is 1.47. The third-order valence-electron chi connectivity index (χ3n) is 1.44. The Labute approximate surface area is 56.3 Å². The van der Waals surface area contributed by atoms with Crippen molar-refractivity contribution in [3.05, 3.63) is 23.8 Å². The summed E-state index contributed by atoms with van der Waals surface area (Å²) >= 11 is 0. The van der Waals surface area contributed by atoms with E-state index in [1.807, 2.05) is 0 Å². The number of allylic oxidation sites excluding steroid dienone is 4. The van der Waals surface area contributed by atoms with E-state index in [1.165, 1.54) is 5.57 Å². The molecule has 0 heteroatoms. The molecule has 1 rings (SSSR count). The molecule has 0 N–H and O–H groups in total. The molecule has 0 bridgehead atoms. The highest BCUT2D eigenvalue weighted by Gasteiger charge is 1.95. The number of hydrogen-bond donors (Lipinski definition) is 0. The molecule has 1 aliphatic carbocycles. The van der Waals surface area contributed by atoms with Gasteiger partial charge in [-0.1, -0.05) is 23.8 Å². The molecule has 0 heterocycles. The van der Waals surface area contributed by atoms with E-state index in [0.717, 1.165) is 19.3 Å². The van der Waals surface area contributed by atoms with Crippen LogP contribution in [0.15, 0.2) is 23.8 Å². The topological polar surface area (TPSA) is 0 Å². The molecule has 0 saturated carbocycles. The van der Waals surface area contributed by atoms with Crippen molar-refractivity contribution in [2.24, 2.45) is 0 Å². The van der Waals surface area contributed by atoms with Crippen molar-refractivity contribution in [2.75, 3.05) is 0 Å². The van der Waals surface area contributed by atoms with Gasteiger partial charge in [-0.25, -0.2) is 0 Å². The highest BCUT2D eigenvalue weighted by atomic mass is 14.0. The minimum atomic E-state index is 0.882. The Balaban J connectivity index is 2.24. The van der Waals surface area contributed by atoms with Gasteiger partial charge in [0.15, 0.2) is 0 Å². The van der Waals surface area contributed by atoms with E-state index >= 15 is 0 Å². The van der Waals surface area contributed by atoms with Gasteiger partial charge in [-0.2, -0.15) is 0 Å². The van der Waals surface area contributed by atoms with E-state index in [-0.39, 0.29) is 0 Å². The lowest BCUT2D eigenvalue weighted by Gasteiger charge is -1.93. The SMILES string of the molecule is C#CCCC1=CC=CC1. The second-order valence-corrected chi connectivity index (χ2v) is 2.16. The second-order valence-electron chi connectivity index (χ2n) is 2.16. The van der Waals surface area contributed by atoms with Crippen LogP contribution in [0.2, 0.25) is 0 Å². The maximum absolute atomic E-state index is 5.11. The Morgan fingerprint density at radius 1 is 1.67 bits per heavy atom. The molecule has 0 aliphatic heterocycles. The Hall–Kier alpha value is -0.960. The minimum Gasteiger partial charge on any atom is -0.120 e. The molecule has 46 valence electrons. The summed E-state index contributed by atoms with van der Waals surface area (Å²) < 4.78 is 0. The summed E-state index contributed by atoms with van der Waals surface area (Å²) in [7, 11) is 0. The van der Waals surface area contributed by atoms with Gasteiger partial charge in [0.2, 0.25) is 0 Å². The van der Waals surface area contributed by atoms with Crippen molar-refractivity contribution in [3.8, 4) is 12.3 Å². The Bertz CT molecular complexity index is 177. The Morgan fingerprint density at radius 2 is 2.56 bits per heavy atom. The molecular formula is C9H10. The maximum Gasteiger partial charge on any atom is 0.0123 e. The molecule has 0 fully saturated rings. The first-order chi connectivity index (χ1) is 4.43. The quantitative estimate of drug-likeness (QED) is 0.488. The molecule has 9 heavy (non-hydrogen) atoms. The zero-order chi connectivity index (χ0) is 6.53. The number of hydrogen-bond acceptors (Lipinski definition) is 0. The van der Waals surface area contributed by atoms with Crippen LogP contribution >= 0.6 is 0 Å². The lowest BCUT2D eigenvalue weighted by atomic mass is 10.1. The summed E-state index contributed by atoms with van der Waals surface area (Å²) in [6, 6.07) is 0. The van der Waals surface area contributed by atoms with E-state index in [2.05, 4.69) is 24.1 Å². The summed E-state index contributed by atoms with van der Waals surface area (Å²) in [5.74, 6) is 2.63. The minimum absolute atomic E-state index is 0.882. The maximum atomic E-state index is 5.11. The molecule has 0 spiro atoms. The molecule has 0 aromatic carbocycles. The molecule has 0 nitrogen and oxygen atoms in total. The average molecular weight is 118 g/mol. The highest BCUT2D eigenvalue weighted by Crippen LogP contribution is 2.14. The lowest BCUT2D eigenvalue weighted by Crippen LogP contribution is -1.75. The summed E-state index contributed by atoms with van der Waals surface area (Å²) in [6.07, 6.45) is 14.6. The molecule has 0 aromatic rings. The fourth-order valence-electron chi connectivity index (χ4n) is 0.910. The van der Waals surface area contributed by atoms with Gasteiger partial charge in [0.1, 0.15) is 0 Å². The zero-order valence-electron chi connectivity index (χ0n) is 5.43. The molecule has 1 aliphatic rings. The predicted octanol–water partition coefficient (Wildman–Crippen LogP) is 2.29. The summed E-state index contributed by atoms with van der Waals surface area (Å²) in [6.45, 7) is 0. The van der Waals surface area contributed by atoms with Crippen molar-refractivity contribution in [3.63, 3.8) is 0 Å². The van der Waals surface area contributed by atoms with Crippen molar-refractivity contribution in [1.29, 1.82) is 0 Å². The molecule has 0 amide bonds. The molecule has 0 saturated heterocycles. The fraction of sp³-hybridized carbons (Fsp3) is 0.333. The molecule has 0 unspecified atom stereocenters. The first-order valence-corrected chi connectivity index (χ1v) is 3.21. The zero-order valence-corrected chi connectivity index (χ0v) is 5.43. The van der Waals surface area contributed by atoms with E-state index in [4.69, 9.17) is 6.42 Å². The highest BCUT2D eigenvalue weighted by molar-refractivity contribution is 5.23. The van der Waals surface area contributed by atoms with Crippen LogP contribution in [-0.4, -0.2) is 0 Å². The van der Waals surface area contributed by atoms with Crippen LogP contribution in [0.1, 0.15) is 19.3 Å². The van der Waals surface area contributed by atoms with Crippen molar-refractivity contribution >= 4 is 0 Å². The largest absolute Gasteiger partial charge is 0.120 e. The molecule has 0 radical (unpaired) electrons. The number of terminal acetylenes is 1. The van der Waals surface area contributed by atoms with E-state index in [1.54, 1.807) is 0 Å². The first kappa shape index (κ1) is 6.16. The van der Waals surface area contributed by atoms with E-state index in [9.17, 15) is 0 Å². The van der Waals surface area contributed by atoms with E-state index in [0.29, 0.717) is 0 Å². The molecular weight excluding hydrogens is 108 g/mol. The monoisotopic (exact) mass is 118 g/mol. The van der Waals surface area contributed by atoms with Gasteiger partial charge >= 0.3 is 0 Å². The van der Waals surface area contributed by atoms with Crippen LogP contribution < -0.4 is 0 Å². The van der Waals surface area contributed by atoms with Crippen LogP contribution in [-0.2, 0) is 0 Å². The van der Waals surface area contributed by atoms with Gasteiger partial charge < -0.3 is 0 Å². The van der Waals surface area contributed by atoms with Crippen LogP contribution in [0.25, 0.3) is 0 Å². The summed E-state index contributed by atoms with van der Waals surface area (Å²) in [4.78, 5) is 0. The smallest absolute Gasteiger partial charge is 0.0123 e. The molecule has 0 atom stereocenters. The van der Waals surface area contributed by atoms with Gasteiger partial charge in [0.25, 0.3) is 0 Å². The number of rotatable bonds is 2. The summed E-state index contributed by atoms with van der Waals surface area (Å²) in [5, 5.41) is 0. The lowest BCUT2D eigenvalue weighted by molar-refractivity contribution is 0.972. The fourth-order valence-corrected chi connectivity index (χ4v) is 0.910. The Morgan fingerprint density at radius 3 is 3.11 bits per heavy atom. The standard InChI is InChI=1S/C9H10/c1-2-3-6-9-7-4-5-8-9/h1,4-5,7H,3,6,8H2. The van der Waals surface area contributed by atoms with Crippen LogP contribution in [0, 0.1) is 12.3 Å². The average Bonchev–Trinajstić information content (AvgIpc) is 2.34. The first-order valence-electron chi connectivity index (χ1n) is 3.21. The van der Waals surface area contributed by atoms with Crippen LogP contribution in [0.3, 0.4) is 0 Å². The van der Waals surface area contributed by atoms with Gasteiger partial charge in [0, 0.05) is 6.42 Å². The van der Waals surface area contributed by atoms with Crippen molar-refractivity contribution in [1.82, 2.24) is 0 Å². The second kappa shape index (κ2) is 3.14. The van der Waals surface area contributed by atoms with Gasteiger partial charge in [-0.3, -0.25) is 0 Å². The van der Waals surface area contributed by atoms with E-state index < -0.39 is 0 Å². The third-order valence-corrected chi connectivity index (χ3v) is 1.44. The predicted molar refractivity (Wildman–Crippen MR) is 39.9 cm³/mol. The van der Waals surface area contributed by atoms with Gasteiger partial charge in [-0.15, -0.1) is 12.3 Å². The Kier molecular flexibility index (Phi) is 2.15. The van der Waals surface area contributed by atoms with Crippen LogP contribution in [0.5, 0.6) is 0 Å².